The predicted octanol–water partition coefficient (Wildman–Crippen LogP) is 5.37. The lowest BCUT2D eigenvalue weighted by atomic mass is 9.92. The summed E-state index contributed by atoms with van der Waals surface area (Å²) < 4.78 is 32.7. The van der Waals surface area contributed by atoms with E-state index in [2.05, 4.69) is 28.7 Å². The molecule has 4 rings (SSSR count). The van der Waals surface area contributed by atoms with Crippen LogP contribution in [0.3, 0.4) is 0 Å². The van der Waals surface area contributed by atoms with Crippen LogP contribution in [0.4, 0.5) is 8.78 Å². The van der Waals surface area contributed by atoms with Crippen molar-refractivity contribution in [2.24, 2.45) is 5.92 Å². The average molecular weight is 483 g/mol. The van der Waals surface area contributed by atoms with Gasteiger partial charge in [0.1, 0.15) is 11.3 Å². The van der Waals surface area contributed by atoms with E-state index in [4.69, 9.17) is 16.3 Å². The van der Waals surface area contributed by atoms with Gasteiger partial charge in [0.25, 0.3) is 11.8 Å². The summed E-state index contributed by atoms with van der Waals surface area (Å²) in [6.07, 6.45) is 3.95. The Morgan fingerprint density at radius 3 is 2.61 bits per heavy atom. The van der Waals surface area contributed by atoms with Gasteiger partial charge in [-0.3, -0.25) is 4.79 Å². The van der Waals surface area contributed by atoms with E-state index < -0.39 is 5.92 Å². The van der Waals surface area contributed by atoms with Crippen molar-refractivity contribution in [3.05, 3.63) is 23.0 Å². The Balaban J connectivity index is 1.30. The third-order valence-electron chi connectivity index (χ3n) is 6.93. The number of nitrogens with zero attached hydrogens (tertiary/aromatic N) is 3. The van der Waals surface area contributed by atoms with E-state index in [-0.39, 0.29) is 37.0 Å². The Morgan fingerprint density at radius 1 is 1.24 bits per heavy atom. The molecule has 0 bridgehead atoms. The second-order valence-electron chi connectivity index (χ2n) is 9.61. The van der Waals surface area contributed by atoms with Gasteiger partial charge in [-0.25, -0.2) is 13.8 Å². The zero-order valence-corrected chi connectivity index (χ0v) is 20.1. The number of carbonyl (C=O) groups excluding carboxylic acids is 1. The summed E-state index contributed by atoms with van der Waals surface area (Å²) in [5.41, 5.74) is 0.804. The molecule has 0 unspecified atom stereocenters. The van der Waals surface area contributed by atoms with Crippen molar-refractivity contribution in [3.8, 4) is 5.75 Å². The van der Waals surface area contributed by atoms with Crippen LogP contribution in [0.1, 0.15) is 62.9 Å². The lowest BCUT2D eigenvalue weighted by Gasteiger charge is -2.34. The monoisotopic (exact) mass is 482 g/mol. The van der Waals surface area contributed by atoms with Crippen molar-refractivity contribution < 1.29 is 18.3 Å². The number of nitrogens with one attached hydrogen (secondary N) is 1. The molecule has 2 aliphatic rings. The van der Waals surface area contributed by atoms with E-state index in [9.17, 15) is 13.6 Å². The highest BCUT2D eigenvalue weighted by molar-refractivity contribution is 6.31. The second kappa shape index (κ2) is 10.1. The molecule has 2 aromatic rings. The van der Waals surface area contributed by atoms with Crippen LogP contribution in [-0.2, 0) is 0 Å². The molecule has 0 aromatic carbocycles. The molecule has 1 amide bonds. The van der Waals surface area contributed by atoms with Gasteiger partial charge in [0.15, 0.2) is 10.9 Å². The normalized spacial score (nSPS) is 20.0. The number of H-pyrrole nitrogens is 1. The summed E-state index contributed by atoms with van der Waals surface area (Å²) >= 11 is 6.31. The van der Waals surface area contributed by atoms with E-state index in [1.54, 1.807) is 12.1 Å². The van der Waals surface area contributed by atoms with Gasteiger partial charge in [-0.1, -0.05) is 11.6 Å². The molecule has 0 spiro atoms. The third kappa shape index (κ3) is 5.96. The maximum Gasteiger partial charge on any atom is 0.270 e. The summed E-state index contributed by atoms with van der Waals surface area (Å²) in [7, 11) is 0. The predicted molar refractivity (Wildman–Crippen MR) is 125 cm³/mol. The van der Waals surface area contributed by atoms with Crippen molar-refractivity contribution in [2.45, 2.75) is 64.3 Å². The van der Waals surface area contributed by atoms with E-state index in [0.29, 0.717) is 35.1 Å². The number of ether oxygens (including phenoxy) is 1. The first-order valence-corrected chi connectivity index (χ1v) is 12.3. The number of pyridine rings is 1. The molecule has 2 saturated heterocycles. The van der Waals surface area contributed by atoms with Gasteiger partial charge in [-0.2, -0.15) is 0 Å². The highest BCUT2D eigenvalue weighted by atomic mass is 35.5. The molecule has 6 nitrogen and oxygen atoms in total. The molecule has 2 fully saturated rings. The Hall–Kier alpha value is -1.93. The van der Waals surface area contributed by atoms with Gasteiger partial charge >= 0.3 is 0 Å². The van der Waals surface area contributed by atoms with Crippen molar-refractivity contribution in [2.75, 3.05) is 32.8 Å². The van der Waals surface area contributed by atoms with E-state index >= 15 is 0 Å². The van der Waals surface area contributed by atoms with Gasteiger partial charge < -0.3 is 19.5 Å². The highest BCUT2D eigenvalue weighted by Gasteiger charge is 2.36. The summed E-state index contributed by atoms with van der Waals surface area (Å²) in [5.74, 6) is -1.75. The molecule has 0 atom stereocenters. The fraction of sp³-hybridized carbons (Fsp3) is 0.667. The first-order chi connectivity index (χ1) is 15.7. The minimum Gasteiger partial charge on any atom is -0.490 e. The quantitative estimate of drug-likeness (QED) is 0.426. The number of likely N-dealkylation sites (tertiary alicyclic amines) is 2. The number of amides is 1. The highest BCUT2D eigenvalue weighted by Crippen LogP contribution is 2.31. The molecule has 182 valence electrons. The lowest BCUT2D eigenvalue weighted by molar-refractivity contribution is -0.0495. The van der Waals surface area contributed by atoms with Crippen LogP contribution >= 0.6 is 11.6 Å². The smallest absolute Gasteiger partial charge is 0.270 e. The second-order valence-corrected chi connectivity index (χ2v) is 9.97. The molecule has 4 heterocycles. The Morgan fingerprint density at radius 2 is 1.94 bits per heavy atom. The van der Waals surface area contributed by atoms with E-state index in [1.807, 2.05) is 0 Å². The molecular weight excluding hydrogens is 450 g/mol. The SMILES string of the molecule is CC(C)N1CCC(CCCOc2cc3cc(C(=O)N4CCC(F)(F)CC4)[nH]c3nc2Cl)CC1. The minimum absolute atomic E-state index is 0.0419. The Labute approximate surface area is 198 Å². The largest absolute Gasteiger partial charge is 0.490 e. The molecule has 0 radical (unpaired) electrons. The average Bonchev–Trinajstić information content (AvgIpc) is 3.19. The number of hydrogen-bond acceptors (Lipinski definition) is 4. The summed E-state index contributed by atoms with van der Waals surface area (Å²) in [4.78, 5) is 24.0. The number of hydrogen-bond donors (Lipinski definition) is 1. The first kappa shape index (κ1) is 24.2. The molecule has 33 heavy (non-hydrogen) atoms. The minimum atomic E-state index is -2.69. The van der Waals surface area contributed by atoms with Crippen LogP contribution < -0.4 is 4.74 Å². The fourth-order valence-electron chi connectivity index (χ4n) is 4.75. The molecule has 1 N–H and O–H groups in total. The van der Waals surface area contributed by atoms with Crippen molar-refractivity contribution in [1.82, 2.24) is 19.8 Å². The van der Waals surface area contributed by atoms with Gasteiger partial charge in [-0.05, 0) is 70.7 Å². The zero-order chi connectivity index (χ0) is 23.6. The lowest BCUT2D eigenvalue weighted by Crippen LogP contribution is -2.42. The van der Waals surface area contributed by atoms with Crippen LogP contribution in [0, 0.1) is 5.92 Å². The van der Waals surface area contributed by atoms with Crippen LogP contribution in [0.2, 0.25) is 5.15 Å². The molecule has 0 aliphatic carbocycles. The van der Waals surface area contributed by atoms with Gasteiger partial charge in [0.05, 0.1) is 6.61 Å². The fourth-order valence-corrected chi connectivity index (χ4v) is 4.95. The topological polar surface area (TPSA) is 61.5 Å². The number of rotatable bonds is 7. The number of halogens is 3. The number of aromatic nitrogens is 2. The maximum atomic E-state index is 13.4. The van der Waals surface area contributed by atoms with Gasteiger partial charge in [0.2, 0.25) is 0 Å². The number of piperidine rings is 2. The van der Waals surface area contributed by atoms with Crippen LogP contribution in [0.15, 0.2) is 12.1 Å². The number of carbonyl (C=O) groups is 1. The third-order valence-corrected chi connectivity index (χ3v) is 7.20. The first-order valence-electron chi connectivity index (χ1n) is 11.9. The van der Waals surface area contributed by atoms with Crippen LogP contribution in [0.25, 0.3) is 11.0 Å². The van der Waals surface area contributed by atoms with Crippen LogP contribution in [0.5, 0.6) is 5.75 Å². The number of alkyl halides is 2. The van der Waals surface area contributed by atoms with Crippen LogP contribution in [-0.4, -0.2) is 70.4 Å². The molecule has 0 saturated carbocycles. The summed E-state index contributed by atoms with van der Waals surface area (Å²) in [6, 6.07) is 4.08. The molecule has 9 heteroatoms. The Bertz CT molecular complexity index is 963. The Kier molecular flexibility index (Phi) is 7.43. The zero-order valence-electron chi connectivity index (χ0n) is 19.4. The molecule has 2 aromatic heterocycles. The van der Waals surface area contributed by atoms with E-state index in [1.165, 1.54) is 30.8 Å². The maximum absolute atomic E-state index is 13.4. The van der Waals surface area contributed by atoms with E-state index in [0.717, 1.165) is 18.8 Å². The number of aromatic amines is 1. The van der Waals surface area contributed by atoms with Crippen molar-refractivity contribution in [1.29, 1.82) is 0 Å². The molecule has 2 aliphatic heterocycles. The van der Waals surface area contributed by atoms with Gasteiger partial charge in [-0.15, -0.1) is 0 Å². The summed E-state index contributed by atoms with van der Waals surface area (Å²) in [6.45, 7) is 7.49. The van der Waals surface area contributed by atoms with Crippen molar-refractivity contribution >= 4 is 28.5 Å². The molecular formula is C24H33ClF2N4O2. The van der Waals surface area contributed by atoms with Gasteiger partial charge in [0, 0.05) is 37.4 Å². The van der Waals surface area contributed by atoms with Crippen molar-refractivity contribution in [3.63, 3.8) is 0 Å². The number of fused-ring (bicyclic) bond motifs is 1. The summed E-state index contributed by atoms with van der Waals surface area (Å²) in [5, 5.41) is 0.951. The standard InChI is InChI=1S/C24H33ClF2N4O2/c1-16(2)30-9-5-17(6-10-30)4-3-13-33-20-15-18-14-19(28-22(18)29-21(20)25)23(32)31-11-7-24(26,27)8-12-31/h14-17H,3-13H2,1-2H3,(H,28,29).